The van der Waals surface area contributed by atoms with Crippen molar-refractivity contribution in [2.45, 2.75) is 38.5 Å². The first kappa shape index (κ1) is 20.9. The van der Waals surface area contributed by atoms with Crippen LogP contribution in [0.25, 0.3) is 11.1 Å². The lowest BCUT2D eigenvalue weighted by molar-refractivity contribution is 0.103. The molecular formula is C32H29NO. The van der Waals surface area contributed by atoms with Crippen LogP contribution in [0.5, 0.6) is 0 Å². The van der Waals surface area contributed by atoms with Gasteiger partial charge in [0.15, 0.2) is 5.78 Å². The number of para-hydroxylation sites is 1. The van der Waals surface area contributed by atoms with Crippen molar-refractivity contribution >= 4 is 17.2 Å². The maximum absolute atomic E-state index is 13.3. The number of carbonyl (C=O) groups is 1. The summed E-state index contributed by atoms with van der Waals surface area (Å²) in [6.45, 7) is 9.07. The standard InChI is InChI=1S/C32H29NO/c1-31(2)24-11-7-6-10-22(24)30(34)23-16-14-20(18-26(23)31)21-15-17-29-27(19-21)32(3,4)25-12-8-9-13-28(25)33(29)5/h6-19H,1-5H3. The molecule has 1 aliphatic heterocycles. The molecule has 0 saturated heterocycles. The summed E-state index contributed by atoms with van der Waals surface area (Å²) in [5, 5.41) is 0. The minimum absolute atomic E-state index is 0.100. The molecule has 0 fully saturated rings. The van der Waals surface area contributed by atoms with Crippen molar-refractivity contribution in [3.8, 4) is 11.1 Å². The van der Waals surface area contributed by atoms with Crippen molar-refractivity contribution in [1.82, 2.24) is 0 Å². The average Bonchev–Trinajstić information content (AvgIpc) is 2.86. The van der Waals surface area contributed by atoms with Crippen LogP contribution in [0.15, 0.2) is 84.9 Å². The first-order chi connectivity index (χ1) is 16.2. The summed E-state index contributed by atoms with van der Waals surface area (Å²) in [6.07, 6.45) is 0. The van der Waals surface area contributed by atoms with Gasteiger partial charge in [0.1, 0.15) is 0 Å². The summed E-state index contributed by atoms with van der Waals surface area (Å²) in [4.78, 5) is 15.6. The Morgan fingerprint density at radius 3 is 1.85 bits per heavy atom. The highest BCUT2D eigenvalue weighted by Crippen LogP contribution is 2.49. The molecule has 1 aliphatic carbocycles. The van der Waals surface area contributed by atoms with Crippen molar-refractivity contribution in [3.05, 3.63) is 118 Å². The lowest BCUT2D eigenvalue weighted by atomic mass is 9.68. The third kappa shape index (κ3) is 2.72. The van der Waals surface area contributed by atoms with Gasteiger partial charge in [-0.15, -0.1) is 0 Å². The van der Waals surface area contributed by atoms with Gasteiger partial charge >= 0.3 is 0 Å². The molecule has 6 rings (SSSR count). The predicted octanol–water partition coefficient (Wildman–Crippen LogP) is 7.63. The normalized spacial score (nSPS) is 16.9. The van der Waals surface area contributed by atoms with E-state index in [-0.39, 0.29) is 16.6 Å². The summed E-state index contributed by atoms with van der Waals surface area (Å²) in [6, 6.07) is 29.9. The highest BCUT2D eigenvalue weighted by molar-refractivity contribution is 6.13. The number of carbonyl (C=O) groups excluding carboxylic acids is 1. The Balaban J connectivity index is 1.50. The van der Waals surface area contributed by atoms with Crippen LogP contribution in [-0.4, -0.2) is 12.8 Å². The summed E-state index contributed by atoms with van der Waals surface area (Å²) >= 11 is 0. The third-order valence-electron chi connectivity index (χ3n) is 8.09. The minimum Gasteiger partial charge on any atom is -0.344 e. The Morgan fingerprint density at radius 1 is 0.559 bits per heavy atom. The van der Waals surface area contributed by atoms with Crippen LogP contribution in [0.2, 0.25) is 0 Å². The van der Waals surface area contributed by atoms with Gasteiger partial charge in [-0.2, -0.15) is 0 Å². The van der Waals surface area contributed by atoms with Gasteiger partial charge in [0.05, 0.1) is 0 Å². The van der Waals surface area contributed by atoms with Crippen molar-refractivity contribution in [1.29, 1.82) is 0 Å². The van der Waals surface area contributed by atoms with Gasteiger partial charge < -0.3 is 4.90 Å². The summed E-state index contributed by atoms with van der Waals surface area (Å²) < 4.78 is 0. The van der Waals surface area contributed by atoms with Crippen LogP contribution < -0.4 is 4.90 Å². The fourth-order valence-corrected chi connectivity index (χ4v) is 6.03. The van der Waals surface area contributed by atoms with Crippen molar-refractivity contribution in [2.24, 2.45) is 0 Å². The maximum Gasteiger partial charge on any atom is 0.193 e. The van der Waals surface area contributed by atoms with Crippen LogP contribution in [-0.2, 0) is 10.8 Å². The summed E-state index contributed by atoms with van der Waals surface area (Å²) in [7, 11) is 2.15. The first-order valence-electron chi connectivity index (χ1n) is 12.0. The molecule has 0 unspecified atom stereocenters. The molecule has 4 aromatic carbocycles. The second-order valence-corrected chi connectivity index (χ2v) is 10.7. The van der Waals surface area contributed by atoms with Crippen molar-refractivity contribution in [2.75, 3.05) is 11.9 Å². The fraction of sp³-hybridized carbons (Fsp3) is 0.219. The third-order valence-corrected chi connectivity index (χ3v) is 8.09. The number of hydrogen-bond donors (Lipinski definition) is 0. The number of rotatable bonds is 1. The van der Waals surface area contributed by atoms with E-state index in [1.54, 1.807) is 0 Å². The smallest absolute Gasteiger partial charge is 0.193 e. The lowest BCUT2D eigenvalue weighted by Crippen LogP contribution is -2.31. The van der Waals surface area contributed by atoms with Gasteiger partial charge in [-0.25, -0.2) is 0 Å². The van der Waals surface area contributed by atoms with E-state index in [2.05, 4.69) is 100 Å². The number of nitrogens with zero attached hydrogens (tertiary/aromatic N) is 1. The van der Waals surface area contributed by atoms with Gasteiger partial charge in [-0.1, -0.05) is 88.4 Å². The molecule has 1 heterocycles. The topological polar surface area (TPSA) is 20.3 Å². The first-order valence-corrected chi connectivity index (χ1v) is 12.0. The molecule has 0 spiro atoms. The zero-order valence-corrected chi connectivity index (χ0v) is 20.4. The Morgan fingerprint density at radius 2 is 1.09 bits per heavy atom. The minimum atomic E-state index is -0.234. The van der Waals surface area contributed by atoms with Gasteiger partial charge in [0, 0.05) is 40.4 Å². The van der Waals surface area contributed by atoms with Gasteiger partial charge in [-0.3, -0.25) is 4.79 Å². The molecule has 0 bridgehead atoms. The molecule has 2 nitrogen and oxygen atoms in total. The quantitative estimate of drug-likeness (QED) is 0.301. The zero-order valence-electron chi connectivity index (χ0n) is 20.4. The SMILES string of the molecule is CN1c2ccccc2C(C)(C)c2cc(-c3ccc4c(c3)C(C)(C)c3ccccc3C4=O)ccc21. The molecule has 0 saturated carbocycles. The second-order valence-electron chi connectivity index (χ2n) is 10.7. The molecule has 0 N–H and O–H groups in total. The van der Waals surface area contributed by atoms with Crippen LogP contribution in [0.1, 0.15) is 65.9 Å². The largest absolute Gasteiger partial charge is 0.344 e. The zero-order chi connectivity index (χ0) is 23.8. The number of anilines is 2. The van der Waals surface area contributed by atoms with Crippen LogP contribution in [0, 0.1) is 0 Å². The Bertz CT molecular complexity index is 1490. The highest BCUT2D eigenvalue weighted by atomic mass is 16.1. The molecule has 34 heavy (non-hydrogen) atoms. The molecule has 0 amide bonds. The summed E-state index contributed by atoms with van der Waals surface area (Å²) in [5.41, 5.74) is 11.0. The van der Waals surface area contributed by atoms with Crippen molar-refractivity contribution in [3.63, 3.8) is 0 Å². The molecule has 2 heteroatoms. The number of ketones is 1. The Labute approximate surface area is 201 Å². The highest BCUT2D eigenvalue weighted by Gasteiger charge is 2.37. The molecule has 4 aromatic rings. The predicted molar refractivity (Wildman–Crippen MR) is 141 cm³/mol. The van der Waals surface area contributed by atoms with Crippen molar-refractivity contribution < 1.29 is 4.79 Å². The number of hydrogen-bond acceptors (Lipinski definition) is 2. The van der Waals surface area contributed by atoms with E-state index in [1.165, 1.54) is 28.1 Å². The average molecular weight is 444 g/mol. The lowest BCUT2D eigenvalue weighted by Gasteiger charge is -2.40. The van der Waals surface area contributed by atoms with Gasteiger partial charge in [0.25, 0.3) is 0 Å². The molecule has 2 aliphatic rings. The van der Waals surface area contributed by atoms with Crippen LogP contribution in [0.4, 0.5) is 11.4 Å². The molecule has 0 radical (unpaired) electrons. The summed E-state index contributed by atoms with van der Waals surface area (Å²) in [5.74, 6) is 0.126. The molecule has 168 valence electrons. The van der Waals surface area contributed by atoms with Gasteiger partial charge in [0.2, 0.25) is 0 Å². The van der Waals surface area contributed by atoms with Gasteiger partial charge in [-0.05, 0) is 57.6 Å². The monoisotopic (exact) mass is 443 g/mol. The molecular weight excluding hydrogens is 414 g/mol. The maximum atomic E-state index is 13.3. The van der Waals surface area contributed by atoms with Crippen LogP contribution >= 0.6 is 0 Å². The van der Waals surface area contributed by atoms with E-state index >= 15 is 0 Å². The Hall–Kier alpha value is -3.65. The second kappa shape index (κ2) is 6.93. The van der Waals surface area contributed by atoms with E-state index in [0.29, 0.717) is 0 Å². The number of fused-ring (bicyclic) bond motifs is 4. The van der Waals surface area contributed by atoms with Crippen LogP contribution in [0.3, 0.4) is 0 Å². The molecule has 0 aromatic heterocycles. The Kier molecular flexibility index (Phi) is 4.26. The number of benzene rings is 4. The van der Waals surface area contributed by atoms with E-state index in [0.717, 1.165) is 27.8 Å². The van der Waals surface area contributed by atoms with E-state index in [1.807, 2.05) is 24.3 Å². The van der Waals surface area contributed by atoms with E-state index in [4.69, 9.17) is 0 Å². The van der Waals surface area contributed by atoms with E-state index in [9.17, 15) is 4.79 Å². The fourth-order valence-electron chi connectivity index (χ4n) is 6.03. The molecule has 0 atom stereocenters. The van der Waals surface area contributed by atoms with E-state index < -0.39 is 0 Å².